The maximum Gasteiger partial charge on any atom is 0.0419 e. The topological polar surface area (TPSA) is 50.9 Å². The van der Waals surface area contributed by atoms with Crippen molar-refractivity contribution in [2.45, 2.75) is 20.0 Å². The Morgan fingerprint density at radius 1 is 1.24 bits per heavy atom. The zero-order valence-corrected chi connectivity index (χ0v) is 9.98. The molecule has 0 amide bonds. The molecule has 1 aromatic carbocycles. The van der Waals surface area contributed by atoms with Gasteiger partial charge in [-0.3, -0.25) is 4.98 Å². The van der Waals surface area contributed by atoms with Gasteiger partial charge in [0, 0.05) is 31.2 Å². The maximum absolute atomic E-state index is 5.69. The molecule has 0 unspecified atom stereocenters. The number of benzene rings is 1. The quantitative estimate of drug-likeness (QED) is 0.843. The molecule has 0 atom stereocenters. The summed E-state index contributed by atoms with van der Waals surface area (Å²) in [5.74, 6) is 0. The van der Waals surface area contributed by atoms with Crippen molar-refractivity contribution in [3.05, 3.63) is 59.4 Å². The minimum absolute atomic E-state index is 0.549. The van der Waals surface area contributed by atoms with E-state index in [0.29, 0.717) is 6.54 Å². The van der Waals surface area contributed by atoms with Crippen LogP contribution in [0.1, 0.15) is 16.7 Å². The molecule has 2 aromatic rings. The molecule has 17 heavy (non-hydrogen) atoms. The summed E-state index contributed by atoms with van der Waals surface area (Å²) in [5, 5.41) is 3.38. The Bertz CT molecular complexity index is 494. The van der Waals surface area contributed by atoms with Crippen LogP contribution in [0.3, 0.4) is 0 Å². The number of aromatic nitrogens is 1. The molecule has 0 spiro atoms. The second-order valence-electron chi connectivity index (χ2n) is 4.07. The molecule has 1 aromatic heterocycles. The van der Waals surface area contributed by atoms with Gasteiger partial charge in [-0.1, -0.05) is 12.1 Å². The van der Waals surface area contributed by atoms with Crippen molar-refractivity contribution in [3.8, 4) is 0 Å². The second-order valence-corrected chi connectivity index (χ2v) is 4.07. The summed E-state index contributed by atoms with van der Waals surface area (Å²) in [7, 11) is 0. The molecule has 3 heteroatoms. The van der Waals surface area contributed by atoms with E-state index in [1.54, 1.807) is 6.20 Å². The number of nitrogens with zero attached hydrogens (tertiary/aromatic N) is 1. The second kappa shape index (κ2) is 5.46. The Morgan fingerprint density at radius 3 is 2.88 bits per heavy atom. The molecule has 0 aliphatic rings. The van der Waals surface area contributed by atoms with E-state index in [0.717, 1.165) is 23.4 Å². The number of pyridine rings is 1. The lowest BCUT2D eigenvalue weighted by Crippen LogP contribution is -2.06. The molecule has 0 saturated carbocycles. The number of nitrogens with two attached hydrogens (primary N) is 1. The number of anilines is 1. The van der Waals surface area contributed by atoms with Crippen LogP contribution in [0, 0.1) is 6.92 Å². The molecule has 0 aliphatic heterocycles. The standard InChI is InChI=1S/C14H17N3/c1-11-3-2-4-14(7-11)17-10-13-9-16-6-5-12(13)8-15/h2-7,9,17H,8,10,15H2,1H3. The largest absolute Gasteiger partial charge is 0.381 e. The molecule has 88 valence electrons. The van der Waals surface area contributed by atoms with Crippen LogP contribution in [0.2, 0.25) is 0 Å². The number of hydrogen-bond donors (Lipinski definition) is 2. The molecule has 0 saturated heterocycles. The molecular weight excluding hydrogens is 210 g/mol. The number of rotatable bonds is 4. The van der Waals surface area contributed by atoms with Gasteiger partial charge in [0.1, 0.15) is 0 Å². The first-order valence-electron chi connectivity index (χ1n) is 5.72. The summed E-state index contributed by atoms with van der Waals surface area (Å²) in [6.45, 7) is 3.39. The van der Waals surface area contributed by atoms with E-state index in [2.05, 4.69) is 35.4 Å². The molecule has 0 radical (unpaired) electrons. The summed E-state index contributed by atoms with van der Waals surface area (Å²) in [6, 6.07) is 10.3. The van der Waals surface area contributed by atoms with E-state index in [1.165, 1.54) is 5.56 Å². The van der Waals surface area contributed by atoms with Crippen molar-refractivity contribution in [2.24, 2.45) is 5.73 Å². The van der Waals surface area contributed by atoms with Gasteiger partial charge in [0.2, 0.25) is 0 Å². The minimum atomic E-state index is 0.549. The van der Waals surface area contributed by atoms with Gasteiger partial charge < -0.3 is 11.1 Å². The van der Waals surface area contributed by atoms with Gasteiger partial charge in [0.25, 0.3) is 0 Å². The van der Waals surface area contributed by atoms with Crippen molar-refractivity contribution >= 4 is 5.69 Å². The zero-order valence-electron chi connectivity index (χ0n) is 9.98. The van der Waals surface area contributed by atoms with Gasteiger partial charge >= 0.3 is 0 Å². The number of hydrogen-bond acceptors (Lipinski definition) is 3. The SMILES string of the molecule is Cc1cccc(NCc2cnccc2CN)c1. The Morgan fingerprint density at radius 2 is 2.12 bits per heavy atom. The van der Waals surface area contributed by atoms with Crippen LogP contribution in [0.15, 0.2) is 42.7 Å². The third-order valence-electron chi connectivity index (χ3n) is 2.73. The van der Waals surface area contributed by atoms with Crippen LogP contribution < -0.4 is 11.1 Å². The first-order chi connectivity index (χ1) is 8.29. The highest BCUT2D eigenvalue weighted by atomic mass is 14.9. The van der Waals surface area contributed by atoms with Crippen LogP contribution >= 0.6 is 0 Å². The van der Waals surface area contributed by atoms with E-state index in [9.17, 15) is 0 Å². The summed E-state index contributed by atoms with van der Waals surface area (Å²) < 4.78 is 0. The molecule has 0 bridgehead atoms. The van der Waals surface area contributed by atoms with Crippen LogP contribution in [0.5, 0.6) is 0 Å². The lowest BCUT2D eigenvalue weighted by molar-refractivity contribution is 0.989. The van der Waals surface area contributed by atoms with Crippen LogP contribution in [0.25, 0.3) is 0 Å². The van der Waals surface area contributed by atoms with Crippen LogP contribution in [0.4, 0.5) is 5.69 Å². The predicted molar refractivity (Wildman–Crippen MR) is 70.6 cm³/mol. The average molecular weight is 227 g/mol. The summed E-state index contributed by atoms with van der Waals surface area (Å²) in [6.07, 6.45) is 3.64. The Hall–Kier alpha value is -1.87. The molecule has 0 fully saturated rings. The zero-order chi connectivity index (χ0) is 12.1. The summed E-state index contributed by atoms with van der Waals surface area (Å²) in [4.78, 5) is 4.13. The Kier molecular flexibility index (Phi) is 3.73. The third kappa shape index (κ3) is 3.04. The van der Waals surface area contributed by atoms with E-state index >= 15 is 0 Å². The summed E-state index contributed by atoms with van der Waals surface area (Å²) >= 11 is 0. The van der Waals surface area contributed by atoms with Crippen molar-refractivity contribution < 1.29 is 0 Å². The van der Waals surface area contributed by atoms with Gasteiger partial charge in [-0.05, 0) is 41.8 Å². The van der Waals surface area contributed by atoms with E-state index in [1.807, 2.05) is 18.3 Å². The summed E-state index contributed by atoms with van der Waals surface area (Å²) in [5.41, 5.74) is 10.3. The van der Waals surface area contributed by atoms with Crippen molar-refractivity contribution in [3.63, 3.8) is 0 Å². The third-order valence-corrected chi connectivity index (χ3v) is 2.73. The molecule has 0 aliphatic carbocycles. The van der Waals surface area contributed by atoms with Crippen molar-refractivity contribution in [1.29, 1.82) is 0 Å². The van der Waals surface area contributed by atoms with Crippen LogP contribution in [-0.2, 0) is 13.1 Å². The number of aryl methyl sites for hydroxylation is 1. The molecule has 3 N–H and O–H groups in total. The maximum atomic E-state index is 5.69. The van der Waals surface area contributed by atoms with Gasteiger partial charge in [0.05, 0.1) is 0 Å². The van der Waals surface area contributed by atoms with Gasteiger partial charge in [-0.15, -0.1) is 0 Å². The number of nitrogens with one attached hydrogen (secondary N) is 1. The highest BCUT2D eigenvalue weighted by molar-refractivity contribution is 5.46. The van der Waals surface area contributed by atoms with Crippen molar-refractivity contribution in [1.82, 2.24) is 4.98 Å². The van der Waals surface area contributed by atoms with Gasteiger partial charge in [0.15, 0.2) is 0 Å². The first kappa shape index (κ1) is 11.6. The molecule has 1 heterocycles. The molecule has 3 nitrogen and oxygen atoms in total. The highest BCUT2D eigenvalue weighted by Gasteiger charge is 2.00. The van der Waals surface area contributed by atoms with E-state index in [-0.39, 0.29) is 0 Å². The highest BCUT2D eigenvalue weighted by Crippen LogP contribution is 2.13. The normalized spacial score (nSPS) is 10.2. The average Bonchev–Trinajstić information content (AvgIpc) is 2.37. The monoisotopic (exact) mass is 227 g/mol. The Labute approximate surface area is 102 Å². The minimum Gasteiger partial charge on any atom is -0.381 e. The lowest BCUT2D eigenvalue weighted by Gasteiger charge is -2.10. The first-order valence-corrected chi connectivity index (χ1v) is 5.72. The van der Waals surface area contributed by atoms with E-state index < -0.39 is 0 Å². The fourth-order valence-electron chi connectivity index (χ4n) is 1.77. The Balaban J connectivity index is 2.07. The lowest BCUT2D eigenvalue weighted by atomic mass is 10.1. The van der Waals surface area contributed by atoms with Gasteiger partial charge in [-0.25, -0.2) is 0 Å². The molecular formula is C14H17N3. The fourth-order valence-corrected chi connectivity index (χ4v) is 1.77. The molecule has 2 rings (SSSR count). The van der Waals surface area contributed by atoms with E-state index in [4.69, 9.17) is 5.73 Å². The smallest absolute Gasteiger partial charge is 0.0419 e. The van der Waals surface area contributed by atoms with Crippen LogP contribution in [-0.4, -0.2) is 4.98 Å². The van der Waals surface area contributed by atoms with Crippen molar-refractivity contribution in [2.75, 3.05) is 5.32 Å². The predicted octanol–water partition coefficient (Wildman–Crippen LogP) is 2.46. The van der Waals surface area contributed by atoms with Gasteiger partial charge in [-0.2, -0.15) is 0 Å². The fraction of sp³-hybridized carbons (Fsp3) is 0.214.